The molecule has 0 aliphatic rings. The van der Waals surface area contributed by atoms with Gasteiger partial charge in [-0.1, -0.05) is 25.1 Å². The number of benzene rings is 2. The molecule has 22 heavy (non-hydrogen) atoms. The maximum atomic E-state index is 12.2. The number of amides is 1. The van der Waals surface area contributed by atoms with Crippen LogP contribution in [0.15, 0.2) is 48.5 Å². The molecule has 2 N–H and O–H groups in total. The molecule has 112 valence electrons. The molecule has 2 rings (SSSR count). The molecule has 4 nitrogen and oxygen atoms in total. The van der Waals surface area contributed by atoms with Gasteiger partial charge in [0.1, 0.15) is 6.04 Å². The lowest BCUT2D eigenvalue weighted by Crippen LogP contribution is -2.31. The van der Waals surface area contributed by atoms with Crippen molar-refractivity contribution in [2.45, 2.75) is 26.3 Å². The average Bonchev–Trinajstić information content (AvgIpc) is 2.55. The van der Waals surface area contributed by atoms with Crippen molar-refractivity contribution in [3.8, 4) is 6.07 Å². The Morgan fingerprint density at radius 3 is 2.55 bits per heavy atom. The van der Waals surface area contributed by atoms with Gasteiger partial charge in [0.25, 0.3) is 0 Å². The molecule has 0 aromatic heterocycles. The summed E-state index contributed by atoms with van der Waals surface area (Å²) in [5, 5.41) is 14.8. The lowest BCUT2D eigenvalue weighted by atomic mass is 10.1. The summed E-state index contributed by atoms with van der Waals surface area (Å²) in [7, 11) is 0. The molecule has 1 amide bonds. The number of anilines is 2. The Morgan fingerprint density at radius 2 is 1.91 bits per heavy atom. The number of aryl methyl sites for hydroxylation is 1. The van der Waals surface area contributed by atoms with Crippen molar-refractivity contribution in [1.29, 1.82) is 5.26 Å². The molecule has 0 unspecified atom stereocenters. The van der Waals surface area contributed by atoms with Gasteiger partial charge in [0.2, 0.25) is 5.91 Å². The zero-order valence-corrected chi connectivity index (χ0v) is 12.8. The molecule has 0 fully saturated rings. The second-order valence-corrected chi connectivity index (χ2v) is 5.10. The molecule has 0 heterocycles. The highest BCUT2D eigenvalue weighted by Gasteiger charge is 2.12. The van der Waals surface area contributed by atoms with Gasteiger partial charge in [0.15, 0.2) is 0 Å². The normalized spacial score (nSPS) is 11.3. The molecule has 1 atom stereocenters. The quantitative estimate of drug-likeness (QED) is 0.886. The monoisotopic (exact) mass is 293 g/mol. The fraction of sp³-hybridized carbons (Fsp3) is 0.222. The standard InChI is InChI=1S/C18H19N3O/c1-3-14-7-9-16(10-8-14)20-13(2)18(22)21-17-6-4-5-15(11-17)12-19/h4-11,13,20H,3H2,1-2H3,(H,21,22)/t13-/m0/s1. The van der Waals surface area contributed by atoms with E-state index in [1.54, 1.807) is 31.2 Å². The van der Waals surface area contributed by atoms with Gasteiger partial charge in [0, 0.05) is 11.4 Å². The van der Waals surface area contributed by atoms with Crippen LogP contribution >= 0.6 is 0 Å². The summed E-state index contributed by atoms with van der Waals surface area (Å²) in [5.74, 6) is -0.144. The van der Waals surface area contributed by atoms with Crippen LogP contribution in [0.5, 0.6) is 0 Å². The van der Waals surface area contributed by atoms with Gasteiger partial charge in [-0.2, -0.15) is 5.26 Å². The van der Waals surface area contributed by atoms with Crippen molar-refractivity contribution >= 4 is 17.3 Å². The molecule has 0 radical (unpaired) electrons. The molecular formula is C18H19N3O. The van der Waals surface area contributed by atoms with E-state index in [1.807, 2.05) is 24.3 Å². The highest BCUT2D eigenvalue weighted by molar-refractivity contribution is 5.96. The number of rotatable bonds is 5. The summed E-state index contributed by atoms with van der Waals surface area (Å²) in [4.78, 5) is 12.2. The van der Waals surface area contributed by atoms with E-state index in [9.17, 15) is 4.79 Å². The van der Waals surface area contributed by atoms with Gasteiger partial charge in [-0.25, -0.2) is 0 Å². The number of nitrogens with zero attached hydrogens (tertiary/aromatic N) is 1. The molecule has 0 aliphatic carbocycles. The van der Waals surface area contributed by atoms with Crippen LogP contribution in [0.2, 0.25) is 0 Å². The van der Waals surface area contributed by atoms with Gasteiger partial charge in [0.05, 0.1) is 11.6 Å². The Hall–Kier alpha value is -2.80. The molecule has 0 bridgehead atoms. The molecule has 0 aliphatic heterocycles. The summed E-state index contributed by atoms with van der Waals surface area (Å²) in [6.45, 7) is 3.91. The van der Waals surface area contributed by atoms with Crippen LogP contribution in [0.3, 0.4) is 0 Å². The van der Waals surface area contributed by atoms with Crippen molar-refractivity contribution in [1.82, 2.24) is 0 Å². The van der Waals surface area contributed by atoms with E-state index >= 15 is 0 Å². The number of carbonyl (C=O) groups excluding carboxylic acids is 1. The number of hydrogen-bond donors (Lipinski definition) is 2. The second-order valence-electron chi connectivity index (χ2n) is 5.10. The third-order valence-corrected chi connectivity index (χ3v) is 3.40. The van der Waals surface area contributed by atoms with Gasteiger partial charge in [-0.15, -0.1) is 0 Å². The fourth-order valence-corrected chi connectivity index (χ4v) is 2.07. The lowest BCUT2D eigenvalue weighted by Gasteiger charge is -2.15. The van der Waals surface area contributed by atoms with E-state index in [4.69, 9.17) is 5.26 Å². The summed E-state index contributed by atoms with van der Waals surface area (Å²) >= 11 is 0. The Balaban J connectivity index is 1.97. The Morgan fingerprint density at radius 1 is 1.18 bits per heavy atom. The van der Waals surface area contributed by atoms with Crippen LogP contribution < -0.4 is 10.6 Å². The molecular weight excluding hydrogens is 274 g/mol. The van der Waals surface area contributed by atoms with Crippen molar-refractivity contribution in [3.63, 3.8) is 0 Å². The lowest BCUT2D eigenvalue weighted by molar-refractivity contribution is -0.116. The van der Waals surface area contributed by atoms with E-state index in [0.717, 1.165) is 12.1 Å². The SMILES string of the molecule is CCc1ccc(N[C@@H](C)C(=O)Nc2cccc(C#N)c2)cc1. The number of carbonyl (C=O) groups is 1. The van der Waals surface area contributed by atoms with Crippen LogP contribution in [-0.4, -0.2) is 11.9 Å². The first-order chi connectivity index (χ1) is 10.6. The number of nitrogens with one attached hydrogen (secondary N) is 2. The van der Waals surface area contributed by atoms with Gasteiger partial charge >= 0.3 is 0 Å². The molecule has 0 saturated heterocycles. The highest BCUT2D eigenvalue weighted by atomic mass is 16.2. The van der Waals surface area contributed by atoms with E-state index in [-0.39, 0.29) is 11.9 Å². The van der Waals surface area contributed by atoms with Gasteiger partial charge < -0.3 is 10.6 Å². The van der Waals surface area contributed by atoms with Crippen LogP contribution in [0, 0.1) is 11.3 Å². The average molecular weight is 293 g/mol. The molecule has 2 aromatic rings. The Bertz CT molecular complexity index is 686. The predicted octanol–water partition coefficient (Wildman–Crippen LogP) is 3.56. The maximum Gasteiger partial charge on any atom is 0.246 e. The first-order valence-corrected chi connectivity index (χ1v) is 7.29. The maximum absolute atomic E-state index is 12.2. The smallest absolute Gasteiger partial charge is 0.246 e. The summed E-state index contributed by atoms with van der Waals surface area (Å²) in [6, 6.07) is 16.6. The molecule has 2 aromatic carbocycles. The Kier molecular flexibility index (Phi) is 5.16. The zero-order chi connectivity index (χ0) is 15.9. The summed E-state index contributed by atoms with van der Waals surface area (Å²) in [6.07, 6.45) is 0.992. The van der Waals surface area contributed by atoms with E-state index in [1.165, 1.54) is 5.56 Å². The Labute approximate surface area is 130 Å². The first kappa shape index (κ1) is 15.6. The van der Waals surface area contributed by atoms with Gasteiger partial charge in [-0.3, -0.25) is 4.79 Å². The third-order valence-electron chi connectivity index (χ3n) is 3.40. The fourth-order valence-electron chi connectivity index (χ4n) is 2.07. The number of hydrogen-bond acceptors (Lipinski definition) is 3. The van der Waals surface area contributed by atoms with Crippen LogP contribution in [0.25, 0.3) is 0 Å². The van der Waals surface area contributed by atoms with Crippen molar-refractivity contribution in [2.24, 2.45) is 0 Å². The van der Waals surface area contributed by atoms with Crippen LogP contribution in [0.4, 0.5) is 11.4 Å². The minimum atomic E-state index is -0.377. The first-order valence-electron chi connectivity index (χ1n) is 7.29. The largest absolute Gasteiger partial charge is 0.374 e. The summed E-state index contributed by atoms with van der Waals surface area (Å²) < 4.78 is 0. The second kappa shape index (κ2) is 7.28. The van der Waals surface area contributed by atoms with Crippen molar-refractivity contribution in [3.05, 3.63) is 59.7 Å². The van der Waals surface area contributed by atoms with Gasteiger partial charge in [-0.05, 0) is 49.2 Å². The molecule has 0 saturated carbocycles. The van der Waals surface area contributed by atoms with E-state index in [0.29, 0.717) is 11.3 Å². The minimum absolute atomic E-state index is 0.144. The minimum Gasteiger partial charge on any atom is -0.374 e. The number of nitriles is 1. The van der Waals surface area contributed by atoms with Crippen molar-refractivity contribution in [2.75, 3.05) is 10.6 Å². The third kappa shape index (κ3) is 4.10. The molecule has 0 spiro atoms. The van der Waals surface area contributed by atoms with E-state index < -0.39 is 0 Å². The zero-order valence-electron chi connectivity index (χ0n) is 12.8. The predicted molar refractivity (Wildman–Crippen MR) is 88.7 cm³/mol. The topological polar surface area (TPSA) is 64.9 Å². The van der Waals surface area contributed by atoms with Crippen molar-refractivity contribution < 1.29 is 4.79 Å². The van der Waals surface area contributed by atoms with Crippen LogP contribution in [0.1, 0.15) is 25.0 Å². The summed E-state index contributed by atoms with van der Waals surface area (Å²) in [5.41, 5.74) is 3.31. The van der Waals surface area contributed by atoms with Crippen LogP contribution in [-0.2, 0) is 11.2 Å². The molecule has 4 heteroatoms. The highest BCUT2D eigenvalue weighted by Crippen LogP contribution is 2.13. The van der Waals surface area contributed by atoms with E-state index in [2.05, 4.69) is 23.6 Å².